The lowest BCUT2D eigenvalue weighted by Gasteiger charge is -2.27. The molecule has 0 unspecified atom stereocenters. The van der Waals surface area contributed by atoms with E-state index in [2.05, 4.69) is 18.7 Å². The Balaban J connectivity index is 2.53. The van der Waals surface area contributed by atoms with E-state index in [-0.39, 0.29) is 5.60 Å². The number of ether oxygens (including phenoxy) is 1. The molecule has 1 heterocycles. The third-order valence-electron chi connectivity index (χ3n) is 3.38. The van der Waals surface area contributed by atoms with Crippen LogP contribution in [0.3, 0.4) is 0 Å². The van der Waals surface area contributed by atoms with Crippen LogP contribution in [0.15, 0.2) is 16.5 Å². The normalized spacial score (nSPS) is 14.0. The molecule has 0 spiro atoms. The van der Waals surface area contributed by atoms with E-state index in [9.17, 15) is 5.11 Å². The van der Waals surface area contributed by atoms with Crippen molar-refractivity contribution in [3.8, 4) is 0 Å². The van der Waals surface area contributed by atoms with Gasteiger partial charge in [-0.05, 0) is 58.7 Å². The zero-order valence-electron chi connectivity index (χ0n) is 15.1. The molecule has 1 atom stereocenters. The fourth-order valence-electron chi connectivity index (χ4n) is 2.16. The molecular weight excluding hydrogens is 278 g/mol. The molecule has 1 rings (SSSR count). The summed E-state index contributed by atoms with van der Waals surface area (Å²) in [5.74, 6) is 2.52. The topological polar surface area (TPSA) is 45.8 Å². The summed E-state index contributed by atoms with van der Waals surface area (Å²) >= 11 is 0. The second kappa shape index (κ2) is 8.70. The molecule has 0 fully saturated rings. The Bertz CT molecular complexity index is 420. The highest BCUT2D eigenvalue weighted by molar-refractivity contribution is 5.05. The van der Waals surface area contributed by atoms with Crippen molar-refractivity contribution in [2.24, 2.45) is 5.92 Å². The van der Waals surface area contributed by atoms with Crippen LogP contribution in [-0.4, -0.2) is 41.4 Å². The first-order chi connectivity index (χ1) is 10.2. The number of hydrogen-bond acceptors (Lipinski definition) is 4. The number of furan rings is 1. The van der Waals surface area contributed by atoms with Gasteiger partial charge in [0.25, 0.3) is 0 Å². The van der Waals surface area contributed by atoms with Gasteiger partial charge in [-0.15, -0.1) is 0 Å². The Labute approximate surface area is 135 Å². The van der Waals surface area contributed by atoms with Crippen molar-refractivity contribution in [1.29, 1.82) is 0 Å². The molecule has 4 nitrogen and oxygen atoms in total. The molecule has 0 aliphatic carbocycles. The monoisotopic (exact) mass is 311 g/mol. The van der Waals surface area contributed by atoms with Crippen LogP contribution < -0.4 is 0 Å². The number of nitrogens with zero attached hydrogens (tertiary/aromatic N) is 1. The van der Waals surface area contributed by atoms with Gasteiger partial charge >= 0.3 is 0 Å². The molecule has 0 bridgehead atoms. The zero-order chi connectivity index (χ0) is 16.8. The van der Waals surface area contributed by atoms with Gasteiger partial charge in [0.15, 0.2) is 0 Å². The summed E-state index contributed by atoms with van der Waals surface area (Å²) in [7, 11) is 0. The van der Waals surface area contributed by atoms with Crippen molar-refractivity contribution in [3.63, 3.8) is 0 Å². The molecule has 0 radical (unpaired) electrons. The van der Waals surface area contributed by atoms with Crippen LogP contribution in [0.2, 0.25) is 0 Å². The van der Waals surface area contributed by atoms with Crippen molar-refractivity contribution in [3.05, 3.63) is 23.7 Å². The van der Waals surface area contributed by atoms with Crippen molar-refractivity contribution < 1.29 is 14.3 Å². The Morgan fingerprint density at radius 1 is 1.27 bits per heavy atom. The van der Waals surface area contributed by atoms with E-state index in [1.807, 2.05) is 39.8 Å². The molecular formula is C18H33NO3. The summed E-state index contributed by atoms with van der Waals surface area (Å²) < 4.78 is 11.3. The van der Waals surface area contributed by atoms with Crippen LogP contribution in [0.5, 0.6) is 0 Å². The van der Waals surface area contributed by atoms with E-state index in [1.54, 1.807) is 0 Å². The van der Waals surface area contributed by atoms with Crippen LogP contribution in [-0.2, 0) is 11.3 Å². The third-order valence-corrected chi connectivity index (χ3v) is 3.38. The van der Waals surface area contributed by atoms with Crippen LogP contribution >= 0.6 is 0 Å². The zero-order valence-corrected chi connectivity index (χ0v) is 15.1. The molecule has 1 aromatic rings. The summed E-state index contributed by atoms with van der Waals surface area (Å²) in [6.07, 6.45) is 0.620. The molecule has 4 heteroatoms. The lowest BCUT2D eigenvalue weighted by molar-refractivity contribution is -0.0572. The molecule has 0 aliphatic heterocycles. The average molecular weight is 311 g/mol. The molecule has 0 amide bonds. The van der Waals surface area contributed by atoms with Crippen LogP contribution in [0.1, 0.15) is 52.6 Å². The average Bonchev–Trinajstić information content (AvgIpc) is 2.78. The predicted molar refractivity (Wildman–Crippen MR) is 89.9 cm³/mol. The van der Waals surface area contributed by atoms with Gasteiger partial charge in [0.2, 0.25) is 0 Å². The van der Waals surface area contributed by atoms with E-state index in [4.69, 9.17) is 9.15 Å². The predicted octanol–water partition coefficient (Wildman–Crippen LogP) is 3.61. The van der Waals surface area contributed by atoms with E-state index in [0.29, 0.717) is 19.1 Å². The van der Waals surface area contributed by atoms with E-state index in [0.717, 1.165) is 31.0 Å². The van der Waals surface area contributed by atoms with E-state index >= 15 is 0 Å². The first-order valence-corrected chi connectivity index (χ1v) is 8.25. The van der Waals surface area contributed by atoms with Gasteiger partial charge in [0, 0.05) is 6.54 Å². The maximum absolute atomic E-state index is 10.2. The lowest BCUT2D eigenvalue weighted by Crippen LogP contribution is -2.37. The Kier molecular flexibility index (Phi) is 7.60. The van der Waals surface area contributed by atoms with Gasteiger partial charge in [-0.3, -0.25) is 4.90 Å². The molecule has 0 aliphatic rings. The lowest BCUT2D eigenvalue weighted by atomic mass is 10.1. The fourth-order valence-corrected chi connectivity index (χ4v) is 2.16. The van der Waals surface area contributed by atoms with Gasteiger partial charge in [-0.1, -0.05) is 13.8 Å². The highest BCUT2D eigenvalue weighted by Gasteiger charge is 2.17. The van der Waals surface area contributed by atoms with Gasteiger partial charge in [-0.25, -0.2) is 0 Å². The maximum Gasteiger partial charge on any atom is 0.118 e. The first-order valence-electron chi connectivity index (χ1n) is 8.25. The van der Waals surface area contributed by atoms with Gasteiger partial charge < -0.3 is 14.3 Å². The number of aliphatic hydroxyl groups is 1. The molecule has 0 aromatic carbocycles. The van der Waals surface area contributed by atoms with Gasteiger partial charge in [0.1, 0.15) is 11.5 Å². The van der Waals surface area contributed by atoms with Crippen LogP contribution in [0.4, 0.5) is 0 Å². The smallest absolute Gasteiger partial charge is 0.118 e. The minimum Gasteiger partial charge on any atom is -0.465 e. The third kappa shape index (κ3) is 8.57. The molecule has 128 valence electrons. The van der Waals surface area contributed by atoms with E-state index in [1.165, 1.54) is 0 Å². The SMILES string of the molecule is Cc1ccc(CN(CCC(C)C)C[C@H](O)COC(C)(C)C)o1. The summed E-state index contributed by atoms with van der Waals surface area (Å²) in [5.41, 5.74) is -0.220. The number of rotatable bonds is 9. The molecule has 1 N–H and O–H groups in total. The Hall–Kier alpha value is -0.840. The maximum atomic E-state index is 10.2. The number of aryl methyl sites for hydroxylation is 1. The van der Waals surface area contributed by atoms with E-state index < -0.39 is 6.10 Å². The fraction of sp³-hybridized carbons (Fsp3) is 0.778. The standard InChI is InChI=1S/C18H33NO3/c1-14(2)9-10-19(12-17-8-7-15(3)22-17)11-16(20)13-21-18(4,5)6/h7-8,14,16,20H,9-13H2,1-6H3/t16-/m0/s1. The number of hydrogen-bond donors (Lipinski definition) is 1. The minimum absolute atomic E-state index is 0.220. The number of aliphatic hydroxyl groups excluding tert-OH is 1. The molecule has 1 aromatic heterocycles. The highest BCUT2D eigenvalue weighted by atomic mass is 16.5. The first kappa shape index (κ1) is 19.2. The minimum atomic E-state index is -0.484. The second-order valence-electron chi connectivity index (χ2n) is 7.51. The van der Waals surface area contributed by atoms with Gasteiger partial charge in [-0.2, -0.15) is 0 Å². The summed E-state index contributed by atoms with van der Waals surface area (Å²) in [4.78, 5) is 2.24. The summed E-state index contributed by atoms with van der Waals surface area (Å²) in [6.45, 7) is 15.0. The van der Waals surface area contributed by atoms with Gasteiger partial charge in [0.05, 0.1) is 24.9 Å². The Morgan fingerprint density at radius 2 is 1.95 bits per heavy atom. The summed E-state index contributed by atoms with van der Waals surface area (Å²) in [5, 5.41) is 10.2. The molecule has 0 saturated heterocycles. The van der Waals surface area contributed by atoms with Crippen molar-refractivity contribution in [2.75, 3.05) is 19.7 Å². The summed E-state index contributed by atoms with van der Waals surface area (Å²) in [6, 6.07) is 3.99. The van der Waals surface area contributed by atoms with Crippen LogP contribution in [0.25, 0.3) is 0 Å². The second-order valence-corrected chi connectivity index (χ2v) is 7.51. The highest BCUT2D eigenvalue weighted by Crippen LogP contribution is 2.13. The molecule has 0 saturated carbocycles. The van der Waals surface area contributed by atoms with Crippen molar-refractivity contribution in [2.45, 2.75) is 66.2 Å². The largest absolute Gasteiger partial charge is 0.465 e. The molecule has 22 heavy (non-hydrogen) atoms. The Morgan fingerprint density at radius 3 is 2.45 bits per heavy atom. The van der Waals surface area contributed by atoms with Crippen LogP contribution in [0, 0.1) is 12.8 Å². The van der Waals surface area contributed by atoms with Crippen molar-refractivity contribution >= 4 is 0 Å². The quantitative estimate of drug-likeness (QED) is 0.757. The van der Waals surface area contributed by atoms with Crippen molar-refractivity contribution in [1.82, 2.24) is 4.90 Å².